The van der Waals surface area contributed by atoms with Crippen LogP contribution in [0.15, 0.2) is 36.4 Å². The monoisotopic (exact) mass is 299 g/mol. The van der Waals surface area contributed by atoms with Crippen LogP contribution in [0.3, 0.4) is 0 Å². The van der Waals surface area contributed by atoms with Gasteiger partial charge in [0.15, 0.2) is 0 Å². The van der Waals surface area contributed by atoms with E-state index in [-0.39, 0.29) is 11.8 Å². The molecule has 1 aromatic rings. The molecule has 0 saturated carbocycles. The van der Waals surface area contributed by atoms with Gasteiger partial charge in [-0.2, -0.15) is 0 Å². The summed E-state index contributed by atoms with van der Waals surface area (Å²) in [7, 11) is 1.56. The van der Waals surface area contributed by atoms with E-state index in [1.807, 2.05) is 26.0 Å². The SMILES string of the molecule is COc1cccc(N2C(=O)C3C(C2=O)C2(C)C=CC3(C)O2)c1. The van der Waals surface area contributed by atoms with E-state index in [1.54, 1.807) is 31.4 Å². The summed E-state index contributed by atoms with van der Waals surface area (Å²) >= 11 is 0. The maximum absolute atomic E-state index is 12.9. The van der Waals surface area contributed by atoms with Gasteiger partial charge < -0.3 is 9.47 Å². The summed E-state index contributed by atoms with van der Waals surface area (Å²) in [6, 6.07) is 7.01. The topological polar surface area (TPSA) is 55.8 Å². The zero-order valence-corrected chi connectivity index (χ0v) is 12.7. The van der Waals surface area contributed by atoms with Crippen molar-refractivity contribution in [2.24, 2.45) is 11.8 Å². The van der Waals surface area contributed by atoms with E-state index in [1.165, 1.54) is 4.90 Å². The smallest absolute Gasteiger partial charge is 0.241 e. The summed E-state index contributed by atoms with van der Waals surface area (Å²) in [6.07, 6.45) is 3.82. The third-order valence-corrected chi connectivity index (χ3v) is 5.04. The average Bonchev–Trinajstić information content (AvgIpc) is 3.04. The van der Waals surface area contributed by atoms with Crippen LogP contribution in [-0.2, 0) is 14.3 Å². The largest absolute Gasteiger partial charge is 0.497 e. The second kappa shape index (κ2) is 3.98. The van der Waals surface area contributed by atoms with E-state index in [0.29, 0.717) is 11.4 Å². The lowest BCUT2D eigenvalue weighted by Gasteiger charge is -2.25. The number of methoxy groups -OCH3 is 1. The van der Waals surface area contributed by atoms with Crippen LogP contribution in [0.25, 0.3) is 0 Å². The van der Waals surface area contributed by atoms with E-state index in [0.717, 1.165) is 0 Å². The first-order valence-corrected chi connectivity index (χ1v) is 7.32. The molecule has 0 N–H and O–H groups in total. The molecule has 4 unspecified atom stereocenters. The van der Waals surface area contributed by atoms with Crippen LogP contribution in [0.5, 0.6) is 5.75 Å². The quantitative estimate of drug-likeness (QED) is 0.618. The fourth-order valence-corrected chi connectivity index (χ4v) is 4.04. The molecule has 0 aromatic heterocycles. The maximum Gasteiger partial charge on any atom is 0.241 e. The maximum atomic E-state index is 12.9. The minimum Gasteiger partial charge on any atom is -0.497 e. The van der Waals surface area contributed by atoms with Gasteiger partial charge in [-0.1, -0.05) is 18.2 Å². The molecule has 2 bridgehead atoms. The van der Waals surface area contributed by atoms with Crippen molar-refractivity contribution in [2.45, 2.75) is 25.0 Å². The molecule has 4 rings (SSSR count). The molecule has 5 nitrogen and oxygen atoms in total. The molecule has 3 aliphatic rings. The number of imide groups is 1. The van der Waals surface area contributed by atoms with Crippen molar-refractivity contribution >= 4 is 17.5 Å². The van der Waals surface area contributed by atoms with Crippen molar-refractivity contribution in [1.29, 1.82) is 0 Å². The fraction of sp³-hybridized carbons (Fsp3) is 0.412. The molecule has 5 heteroatoms. The number of amides is 2. The van der Waals surface area contributed by atoms with Gasteiger partial charge in [0, 0.05) is 6.07 Å². The highest BCUT2D eigenvalue weighted by Gasteiger charge is 2.70. The van der Waals surface area contributed by atoms with Gasteiger partial charge >= 0.3 is 0 Å². The van der Waals surface area contributed by atoms with Crippen LogP contribution in [0, 0.1) is 11.8 Å². The predicted molar refractivity (Wildman–Crippen MR) is 79.5 cm³/mol. The van der Waals surface area contributed by atoms with Crippen molar-refractivity contribution < 1.29 is 19.1 Å². The molecular weight excluding hydrogens is 282 g/mol. The van der Waals surface area contributed by atoms with E-state index in [2.05, 4.69) is 0 Å². The Balaban J connectivity index is 1.79. The van der Waals surface area contributed by atoms with Crippen LogP contribution in [0.4, 0.5) is 5.69 Å². The molecule has 2 fully saturated rings. The number of carbonyl (C=O) groups is 2. The zero-order chi connectivity index (χ0) is 15.7. The molecular formula is C17H17NO4. The first-order valence-electron chi connectivity index (χ1n) is 7.32. The molecule has 3 aliphatic heterocycles. The van der Waals surface area contributed by atoms with E-state index in [9.17, 15) is 9.59 Å². The van der Waals surface area contributed by atoms with E-state index < -0.39 is 23.0 Å². The summed E-state index contributed by atoms with van der Waals surface area (Å²) in [6.45, 7) is 3.75. The van der Waals surface area contributed by atoms with Crippen molar-refractivity contribution in [1.82, 2.24) is 0 Å². The Bertz CT molecular complexity index is 691. The summed E-state index contributed by atoms with van der Waals surface area (Å²) in [5.74, 6) is -0.690. The predicted octanol–water partition coefficient (Wildman–Crippen LogP) is 1.92. The molecule has 0 aliphatic carbocycles. The van der Waals surface area contributed by atoms with Crippen LogP contribution >= 0.6 is 0 Å². The molecule has 3 heterocycles. The van der Waals surface area contributed by atoms with Crippen molar-refractivity contribution in [3.8, 4) is 5.75 Å². The van der Waals surface area contributed by atoms with Gasteiger partial charge in [0.25, 0.3) is 0 Å². The molecule has 22 heavy (non-hydrogen) atoms. The van der Waals surface area contributed by atoms with Gasteiger partial charge in [-0.3, -0.25) is 9.59 Å². The van der Waals surface area contributed by atoms with E-state index in [4.69, 9.17) is 9.47 Å². The Labute approximate surface area is 128 Å². The summed E-state index contributed by atoms with van der Waals surface area (Å²) in [4.78, 5) is 27.1. The standard InChI is InChI=1S/C17H17NO4/c1-16-7-8-17(2,22-16)13-12(16)14(19)18(15(13)20)10-5-4-6-11(9-10)21-3/h4-9,12-13H,1-3H3. The number of fused-ring (bicyclic) bond motifs is 5. The molecule has 2 saturated heterocycles. The van der Waals surface area contributed by atoms with Crippen LogP contribution < -0.4 is 9.64 Å². The molecule has 0 radical (unpaired) electrons. The van der Waals surface area contributed by atoms with Gasteiger partial charge in [-0.15, -0.1) is 0 Å². The van der Waals surface area contributed by atoms with Gasteiger partial charge in [0.1, 0.15) is 5.75 Å². The number of hydrogen-bond donors (Lipinski definition) is 0. The molecule has 2 amide bonds. The van der Waals surface area contributed by atoms with Crippen molar-refractivity contribution in [3.63, 3.8) is 0 Å². The van der Waals surface area contributed by atoms with E-state index >= 15 is 0 Å². The third kappa shape index (κ3) is 1.47. The van der Waals surface area contributed by atoms with Crippen molar-refractivity contribution in [3.05, 3.63) is 36.4 Å². The lowest BCUT2D eigenvalue weighted by Crippen LogP contribution is -2.39. The second-order valence-corrected chi connectivity index (χ2v) is 6.47. The normalized spacial score (nSPS) is 38.8. The highest BCUT2D eigenvalue weighted by Crippen LogP contribution is 2.57. The lowest BCUT2D eigenvalue weighted by molar-refractivity contribution is -0.128. The van der Waals surface area contributed by atoms with Gasteiger partial charge in [-0.05, 0) is 26.0 Å². The Morgan fingerprint density at radius 2 is 1.68 bits per heavy atom. The molecule has 1 aromatic carbocycles. The Morgan fingerprint density at radius 1 is 1.09 bits per heavy atom. The average molecular weight is 299 g/mol. The summed E-state index contributed by atoms with van der Waals surface area (Å²) < 4.78 is 11.2. The van der Waals surface area contributed by atoms with Crippen LogP contribution in [-0.4, -0.2) is 30.1 Å². The van der Waals surface area contributed by atoms with Crippen LogP contribution in [0.1, 0.15) is 13.8 Å². The Morgan fingerprint density at radius 3 is 2.23 bits per heavy atom. The summed E-state index contributed by atoms with van der Waals surface area (Å²) in [5, 5.41) is 0. The van der Waals surface area contributed by atoms with Crippen LogP contribution in [0.2, 0.25) is 0 Å². The number of hydrogen-bond acceptors (Lipinski definition) is 4. The second-order valence-electron chi connectivity index (χ2n) is 6.47. The number of carbonyl (C=O) groups excluding carboxylic acids is 2. The number of rotatable bonds is 2. The minimum absolute atomic E-state index is 0.196. The number of anilines is 1. The molecule has 114 valence electrons. The number of nitrogens with zero attached hydrogens (tertiary/aromatic N) is 1. The highest BCUT2D eigenvalue weighted by molar-refractivity contribution is 6.23. The lowest BCUT2D eigenvalue weighted by atomic mass is 9.73. The van der Waals surface area contributed by atoms with Crippen molar-refractivity contribution in [2.75, 3.05) is 12.0 Å². The van der Waals surface area contributed by atoms with Gasteiger partial charge in [0.2, 0.25) is 11.8 Å². The van der Waals surface area contributed by atoms with Gasteiger partial charge in [-0.25, -0.2) is 4.90 Å². The molecule has 4 atom stereocenters. The first kappa shape index (κ1) is 13.5. The first-order chi connectivity index (χ1) is 10.4. The Kier molecular flexibility index (Phi) is 2.45. The van der Waals surface area contributed by atoms with Gasteiger partial charge in [0.05, 0.1) is 35.8 Å². The zero-order valence-electron chi connectivity index (χ0n) is 12.7. The number of ether oxygens (including phenoxy) is 2. The summed E-state index contributed by atoms with van der Waals surface area (Å²) in [5.41, 5.74) is -0.838. The molecule has 0 spiro atoms. The fourth-order valence-electron chi connectivity index (χ4n) is 4.04. The minimum atomic E-state index is -0.695. The Hall–Kier alpha value is -2.14. The third-order valence-electron chi connectivity index (χ3n) is 5.04. The highest BCUT2D eigenvalue weighted by atomic mass is 16.5. The number of benzene rings is 1.